The second kappa shape index (κ2) is 2.81. The molecule has 0 heterocycles. The van der Waals surface area contributed by atoms with Crippen LogP contribution in [0.5, 0.6) is 0 Å². The van der Waals surface area contributed by atoms with Gasteiger partial charge in [-0.3, -0.25) is 4.79 Å². The Balaban J connectivity index is 4.19. The number of carbonyl (C=O) groups is 1. The highest BCUT2D eigenvalue weighted by atomic mass is 16.1. The molecule has 1 heteroatoms. The van der Waals surface area contributed by atoms with E-state index in [4.69, 9.17) is 0 Å². The molecule has 0 aliphatic heterocycles. The minimum atomic E-state index is 0.140. The van der Waals surface area contributed by atoms with Crippen LogP contribution >= 0.6 is 0 Å². The maximum atomic E-state index is 9.99. The normalized spacial score (nSPS) is 13.6. The van der Waals surface area contributed by atoms with Crippen LogP contribution in [-0.4, -0.2) is 6.29 Å². The van der Waals surface area contributed by atoms with Gasteiger partial charge in [0.2, 0.25) is 0 Å². The molecule has 52 valence electrons. The predicted molar refractivity (Wildman–Crippen MR) is 39.3 cm³/mol. The maximum Gasteiger partial charge on any atom is 0.142 e. The average Bonchev–Trinajstić information content (AvgIpc) is 1.64. The summed E-state index contributed by atoms with van der Waals surface area (Å²) in [6.45, 7) is 8.22. The lowest BCUT2D eigenvalue weighted by Gasteiger charge is -2.18. The lowest BCUT2D eigenvalue weighted by atomic mass is 9.88. The van der Waals surface area contributed by atoms with Gasteiger partial charge in [0.1, 0.15) is 6.29 Å². The molecule has 0 aromatic heterocycles. The summed E-state index contributed by atoms with van der Waals surface area (Å²) >= 11 is 0. The summed E-state index contributed by atoms with van der Waals surface area (Å²) in [5, 5.41) is 0. The van der Waals surface area contributed by atoms with Crippen molar-refractivity contribution in [3.63, 3.8) is 0 Å². The fourth-order valence-corrected chi connectivity index (χ4v) is 0.352. The van der Waals surface area contributed by atoms with Crippen LogP contribution in [-0.2, 0) is 4.79 Å². The van der Waals surface area contributed by atoms with Crippen molar-refractivity contribution in [3.05, 3.63) is 11.6 Å². The highest BCUT2D eigenvalue weighted by molar-refractivity contribution is 5.66. The molecule has 0 spiro atoms. The fourth-order valence-electron chi connectivity index (χ4n) is 0.352. The Kier molecular flexibility index (Phi) is 2.63. The van der Waals surface area contributed by atoms with Gasteiger partial charge in [-0.05, 0) is 18.4 Å². The first-order valence-electron chi connectivity index (χ1n) is 3.11. The van der Waals surface area contributed by atoms with Crippen molar-refractivity contribution in [1.29, 1.82) is 0 Å². The number of hydrogen-bond donors (Lipinski definition) is 0. The summed E-state index contributed by atoms with van der Waals surface area (Å²) in [6.07, 6.45) is 2.45. The van der Waals surface area contributed by atoms with Crippen molar-refractivity contribution in [2.75, 3.05) is 0 Å². The molecule has 0 aromatic rings. The molecule has 1 nitrogen and oxygen atoms in total. The standard InChI is InChI=1S/C8H14O/c1-7(5-6-9)8(2,3)4/h5-6H,1-4H3/b7-5+. The molecule has 0 aliphatic rings. The molecule has 0 fully saturated rings. The Morgan fingerprint density at radius 2 is 1.78 bits per heavy atom. The van der Waals surface area contributed by atoms with Crippen LogP contribution in [0.1, 0.15) is 27.7 Å². The average molecular weight is 126 g/mol. The molecule has 0 saturated carbocycles. The molecular formula is C8H14O. The maximum absolute atomic E-state index is 9.99. The third-order valence-corrected chi connectivity index (χ3v) is 1.50. The van der Waals surface area contributed by atoms with E-state index in [9.17, 15) is 4.79 Å². The molecule has 0 unspecified atom stereocenters. The largest absolute Gasteiger partial charge is 0.299 e. The summed E-state index contributed by atoms with van der Waals surface area (Å²) in [4.78, 5) is 9.99. The van der Waals surface area contributed by atoms with Crippen molar-refractivity contribution in [1.82, 2.24) is 0 Å². The first kappa shape index (κ1) is 8.41. The highest BCUT2D eigenvalue weighted by Gasteiger charge is 2.10. The monoisotopic (exact) mass is 126 g/mol. The van der Waals surface area contributed by atoms with E-state index in [-0.39, 0.29) is 5.41 Å². The summed E-state index contributed by atoms with van der Waals surface area (Å²) in [5.74, 6) is 0. The zero-order chi connectivity index (χ0) is 7.49. The van der Waals surface area contributed by atoms with Crippen LogP contribution < -0.4 is 0 Å². The van der Waals surface area contributed by atoms with Gasteiger partial charge in [-0.2, -0.15) is 0 Å². The van der Waals surface area contributed by atoms with Gasteiger partial charge >= 0.3 is 0 Å². The highest BCUT2D eigenvalue weighted by Crippen LogP contribution is 2.23. The van der Waals surface area contributed by atoms with Gasteiger partial charge in [0.15, 0.2) is 0 Å². The minimum absolute atomic E-state index is 0.140. The lowest BCUT2D eigenvalue weighted by Crippen LogP contribution is -2.06. The molecule has 0 aliphatic carbocycles. The summed E-state index contributed by atoms with van der Waals surface area (Å²) in [7, 11) is 0. The number of rotatable bonds is 1. The van der Waals surface area contributed by atoms with Gasteiger partial charge in [-0.15, -0.1) is 0 Å². The smallest absolute Gasteiger partial charge is 0.142 e. The Hall–Kier alpha value is -0.590. The fraction of sp³-hybridized carbons (Fsp3) is 0.625. The molecule has 0 rings (SSSR count). The van der Waals surface area contributed by atoms with Crippen LogP contribution in [0.15, 0.2) is 11.6 Å². The van der Waals surface area contributed by atoms with E-state index in [0.29, 0.717) is 0 Å². The van der Waals surface area contributed by atoms with Gasteiger partial charge in [-0.1, -0.05) is 26.3 Å². The zero-order valence-electron chi connectivity index (χ0n) is 6.56. The minimum Gasteiger partial charge on any atom is -0.299 e. The summed E-state index contributed by atoms with van der Waals surface area (Å²) in [6, 6.07) is 0. The van der Waals surface area contributed by atoms with Gasteiger partial charge in [0, 0.05) is 0 Å². The second-order valence-electron chi connectivity index (χ2n) is 3.24. The topological polar surface area (TPSA) is 17.1 Å². The molecule has 0 radical (unpaired) electrons. The number of hydrogen-bond acceptors (Lipinski definition) is 1. The third kappa shape index (κ3) is 3.07. The van der Waals surface area contributed by atoms with E-state index >= 15 is 0 Å². The van der Waals surface area contributed by atoms with Crippen molar-refractivity contribution in [3.8, 4) is 0 Å². The Bertz CT molecular complexity index is 126. The lowest BCUT2D eigenvalue weighted by molar-refractivity contribution is -0.104. The summed E-state index contributed by atoms with van der Waals surface area (Å²) < 4.78 is 0. The SMILES string of the molecule is C/C(=C\C=O)C(C)(C)C. The van der Waals surface area contributed by atoms with Crippen LogP contribution in [0.4, 0.5) is 0 Å². The van der Waals surface area contributed by atoms with Crippen LogP contribution in [0.2, 0.25) is 0 Å². The van der Waals surface area contributed by atoms with Gasteiger partial charge < -0.3 is 0 Å². The van der Waals surface area contributed by atoms with Gasteiger partial charge in [0.25, 0.3) is 0 Å². The van der Waals surface area contributed by atoms with Crippen molar-refractivity contribution >= 4 is 6.29 Å². The van der Waals surface area contributed by atoms with E-state index in [0.717, 1.165) is 11.9 Å². The first-order chi connectivity index (χ1) is 3.98. The summed E-state index contributed by atoms with van der Waals surface area (Å²) in [5.41, 5.74) is 1.26. The quantitative estimate of drug-likeness (QED) is 0.389. The molecule has 0 atom stereocenters. The van der Waals surface area contributed by atoms with Gasteiger partial charge in [-0.25, -0.2) is 0 Å². The van der Waals surface area contributed by atoms with E-state index in [2.05, 4.69) is 20.8 Å². The predicted octanol–water partition coefficient (Wildman–Crippen LogP) is 2.18. The van der Waals surface area contributed by atoms with Crippen molar-refractivity contribution in [2.45, 2.75) is 27.7 Å². The van der Waals surface area contributed by atoms with E-state index in [1.165, 1.54) is 0 Å². The number of allylic oxidation sites excluding steroid dienone is 2. The Labute approximate surface area is 56.8 Å². The van der Waals surface area contributed by atoms with Gasteiger partial charge in [0.05, 0.1) is 0 Å². The van der Waals surface area contributed by atoms with Crippen LogP contribution in [0, 0.1) is 5.41 Å². The molecule has 0 N–H and O–H groups in total. The molecule has 0 bridgehead atoms. The Morgan fingerprint density at radius 3 is 1.89 bits per heavy atom. The van der Waals surface area contributed by atoms with E-state index in [1.54, 1.807) is 6.08 Å². The van der Waals surface area contributed by atoms with E-state index in [1.807, 2.05) is 6.92 Å². The third-order valence-electron chi connectivity index (χ3n) is 1.50. The van der Waals surface area contributed by atoms with Crippen LogP contribution in [0.25, 0.3) is 0 Å². The number of carbonyl (C=O) groups excluding carboxylic acids is 1. The number of aldehydes is 1. The molecule has 0 saturated heterocycles. The molecule has 9 heavy (non-hydrogen) atoms. The second-order valence-corrected chi connectivity index (χ2v) is 3.24. The molecular weight excluding hydrogens is 112 g/mol. The first-order valence-corrected chi connectivity index (χ1v) is 3.11. The zero-order valence-corrected chi connectivity index (χ0v) is 6.56. The van der Waals surface area contributed by atoms with Crippen LogP contribution in [0.3, 0.4) is 0 Å². The molecule has 0 amide bonds. The van der Waals surface area contributed by atoms with Crippen molar-refractivity contribution < 1.29 is 4.79 Å². The van der Waals surface area contributed by atoms with E-state index < -0.39 is 0 Å². The van der Waals surface area contributed by atoms with Crippen molar-refractivity contribution in [2.24, 2.45) is 5.41 Å². The Morgan fingerprint density at radius 1 is 1.33 bits per heavy atom. The molecule has 0 aromatic carbocycles.